The average molecular weight is 217 g/mol. The van der Waals surface area contributed by atoms with Crippen molar-refractivity contribution in [3.8, 4) is 0 Å². The van der Waals surface area contributed by atoms with Gasteiger partial charge in [0.05, 0.1) is 5.02 Å². The highest BCUT2D eigenvalue weighted by Crippen LogP contribution is 2.16. The standard InChI is InChI=1S/C10H14ClFN2/c1-14(5-4-13)7-8-2-3-10(12)9(11)6-8/h2-3,6H,4-5,7,13H2,1H3. The predicted octanol–water partition coefficient (Wildman–Crippen LogP) is 1.87. The van der Waals surface area contributed by atoms with E-state index in [1.54, 1.807) is 12.1 Å². The average Bonchev–Trinajstić information content (AvgIpc) is 2.12. The van der Waals surface area contributed by atoms with Crippen LogP contribution in [0.2, 0.25) is 5.02 Å². The van der Waals surface area contributed by atoms with Crippen molar-refractivity contribution in [1.82, 2.24) is 4.90 Å². The Balaban J connectivity index is 2.63. The van der Waals surface area contributed by atoms with Crippen LogP contribution in [0.5, 0.6) is 0 Å². The molecule has 0 fully saturated rings. The van der Waals surface area contributed by atoms with Gasteiger partial charge in [-0.3, -0.25) is 0 Å². The fourth-order valence-electron chi connectivity index (χ4n) is 1.25. The monoisotopic (exact) mass is 216 g/mol. The van der Waals surface area contributed by atoms with E-state index in [4.69, 9.17) is 17.3 Å². The number of hydrogen-bond donors (Lipinski definition) is 1. The van der Waals surface area contributed by atoms with E-state index in [0.29, 0.717) is 6.54 Å². The minimum atomic E-state index is -0.378. The van der Waals surface area contributed by atoms with Crippen molar-refractivity contribution in [1.29, 1.82) is 0 Å². The summed E-state index contributed by atoms with van der Waals surface area (Å²) in [6.45, 7) is 2.16. The van der Waals surface area contributed by atoms with Gasteiger partial charge in [-0.1, -0.05) is 17.7 Å². The van der Waals surface area contributed by atoms with E-state index in [1.807, 2.05) is 7.05 Å². The maximum atomic E-state index is 12.8. The van der Waals surface area contributed by atoms with Gasteiger partial charge < -0.3 is 10.6 Å². The molecule has 0 bridgehead atoms. The highest BCUT2D eigenvalue weighted by atomic mass is 35.5. The Labute approximate surface area is 88.5 Å². The zero-order chi connectivity index (χ0) is 10.6. The fraction of sp³-hybridized carbons (Fsp3) is 0.400. The Kier molecular flexibility index (Phi) is 4.32. The molecule has 0 saturated carbocycles. The lowest BCUT2D eigenvalue weighted by molar-refractivity contribution is 0.336. The van der Waals surface area contributed by atoms with Gasteiger partial charge in [-0.2, -0.15) is 0 Å². The maximum Gasteiger partial charge on any atom is 0.141 e. The molecule has 4 heteroatoms. The highest BCUT2D eigenvalue weighted by molar-refractivity contribution is 6.30. The minimum absolute atomic E-state index is 0.170. The molecule has 0 aliphatic rings. The first-order chi connectivity index (χ1) is 6.63. The zero-order valence-corrected chi connectivity index (χ0v) is 8.89. The summed E-state index contributed by atoms with van der Waals surface area (Å²) in [6, 6.07) is 4.76. The zero-order valence-electron chi connectivity index (χ0n) is 8.13. The van der Waals surface area contributed by atoms with Crippen LogP contribution in [0.4, 0.5) is 4.39 Å². The van der Waals surface area contributed by atoms with Crippen molar-refractivity contribution in [3.63, 3.8) is 0 Å². The Bertz CT molecular complexity index is 304. The molecule has 78 valence electrons. The Morgan fingerprint density at radius 2 is 2.21 bits per heavy atom. The molecule has 0 radical (unpaired) electrons. The Hall–Kier alpha value is -0.640. The summed E-state index contributed by atoms with van der Waals surface area (Å²) < 4.78 is 12.8. The molecule has 0 aliphatic carbocycles. The topological polar surface area (TPSA) is 29.3 Å². The van der Waals surface area contributed by atoms with Crippen LogP contribution in [-0.4, -0.2) is 25.0 Å². The molecule has 2 nitrogen and oxygen atoms in total. The first-order valence-electron chi connectivity index (χ1n) is 4.46. The van der Waals surface area contributed by atoms with Crippen molar-refractivity contribution in [2.45, 2.75) is 6.54 Å². The van der Waals surface area contributed by atoms with Crippen molar-refractivity contribution in [2.75, 3.05) is 20.1 Å². The molecule has 0 aromatic heterocycles. The van der Waals surface area contributed by atoms with Crippen molar-refractivity contribution in [2.24, 2.45) is 5.73 Å². The number of benzene rings is 1. The molecule has 0 aliphatic heterocycles. The number of rotatable bonds is 4. The largest absolute Gasteiger partial charge is 0.329 e. The molecular weight excluding hydrogens is 203 g/mol. The van der Waals surface area contributed by atoms with Crippen molar-refractivity contribution < 1.29 is 4.39 Å². The minimum Gasteiger partial charge on any atom is -0.329 e. The molecule has 0 amide bonds. The van der Waals surface area contributed by atoms with Gasteiger partial charge in [0.15, 0.2) is 0 Å². The SMILES string of the molecule is CN(CCN)Cc1ccc(F)c(Cl)c1. The third kappa shape index (κ3) is 3.25. The number of halogens is 2. The summed E-state index contributed by atoms with van der Waals surface area (Å²) in [6.07, 6.45) is 0. The summed E-state index contributed by atoms with van der Waals surface area (Å²) in [5.41, 5.74) is 6.40. The molecule has 2 N–H and O–H groups in total. The molecule has 0 saturated heterocycles. The number of hydrogen-bond acceptors (Lipinski definition) is 2. The normalized spacial score (nSPS) is 10.9. The second-order valence-corrected chi connectivity index (χ2v) is 3.68. The first kappa shape index (κ1) is 11.4. The highest BCUT2D eigenvalue weighted by Gasteiger charge is 2.03. The van der Waals surface area contributed by atoms with Crippen molar-refractivity contribution in [3.05, 3.63) is 34.6 Å². The van der Waals surface area contributed by atoms with E-state index in [-0.39, 0.29) is 10.8 Å². The van der Waals surface area contributed by atoms with Crippen LogP contribution in [0.25, 0.3) is 0 Å². The smallest absolute Gasteiger partial charge is 0.141 e. The summed E-state index contributed by atoms with van der Waals surface area (Å²) in [5.74, 6) is -0.378. The van der Waals surface area contributed by atoms with Crippen molar-refractivity contribution >= 4 is 11.6 Å². The van der Waals surface area contributed by atoms with E-state index in [2.05, 4.69) is 4.90 Å². The molecule has 0 heterocycles. The Morgan fingerprint density at radius 1 is 1.50 bits per heavy atom. The lowest BCUT2D eigenvalue weighted by Crippen LogP contribution is -2.24. The lowest BCUT2D eigenvalue weighted by atomic mass is 10.2. The van der Waals surface area contributed by atoms with Gasteiger partial charge in [0.2, 0.25) is 0 Å². The second-order valence-electron chi connectivity index (χ2n) is 3.27. The first-order valence-corrected chi connectivity index (χ1v) is 4.84. The molecule has 1 aromatic rings. The van der Waals surface area contributed by atoms with Crippen LogP contribution < -0.4 is 5.73 Å². The molecular formula is C10H14ClFN2. The molecule has 1 rings (SSSR count). The van der Waals surface area contributed by atoms with Gasteiger partial charge in [0, 0.05) is 19.6 Å². The predicted molar refractivity (Wildman–Crippen MR) is 56.8 cm³/mol. The van der Waals surface area contributed by atoms with Gasteiger partial charge in [0.25, 0.3) is 0 Å². The van der Waals surface area contributed by atoms with E-state index >= 15 is 0 Å². The van der Waals surface area contributed by atoms with E-state index in [9.17, 15) is 4.39 Å². The molecule has 0 atom stereocenters. The van der Waals surface area contributed by atoms with Crippen LogP contribution in [0.3, 0.4) is 0 Å². The van der Waals surface area contributed by atoms with Gasteiger partial charge in [-0.25, -0.2) is 4.39 Å². The summed E-state index contributed by atoms with van der Waals surface area (Å²) in [7, 11) is 1.96. The Morgan fingerprint density at radius 3 is 2.79 bits per heavy atom. The van der Waals surface area contributed by atoms with Gasteiger partial charge in [-0.05, 0) is 24.7 Å². The van der Waals surface area contributed by atoms with Crippen LogP contribution in [0.15, 0.2) is 18.2 Å². The summed E-state index contributed by atoms with van der Waals surface area (Å²) in [4.78, 5) is 2.06. The molecule has 14 heavy (non-hydrogen) atoms. The van der Waals surface area contributed by atoms with Crippen LogP contribution >= 0.6 is 11.6 Å². The van der Waals surface area contributed by atoms with E-state index in [0.717, 1.165) is 18.7 Å². The van der Waals surface area contributed by atoms with Crippen LogP contribution in [-0.2, 0) is 6.54 Å². The lowest BCUT2D eigenvalue weighted by Gasteiger charge is -2.15. The number of likely N-dealkylation sites (N-methyl/N-ethyl adjacent to an activating group) is 1. The summed E-state index contributed by atoms with van der Waals surface area (Å²) >= 11 is 5.66. The molecule has 0 spiro atoms. The third-order valence-corrected chi connectivity index (χ3v) is 2.24. The van der Waals surface area contributed by atoms with Gasteiger partial charge >= 0.3 is 0 Å². The number of nitrogens with two attached hydrogens (primary N) is 1. The van der Waals surface area contributed by atoms with Crippen LogP contribution in [0.1, 0.15) is 5.56 Å². The van der Waals surface area contributed by atoms with Crippen LogP contribution in [0, 0.1) is 5.82 Å². The second kappa shape index (κ2) is 5.29. The molecule has 0 unspecified atom stereocenters. The number of nitrogens with zero attached hydrogens (tertiary/aromatic N) is 1. The van der Waals surface area contributed by atoms with E-state index < -0.39 is 0 Å². The maximum absolute atomic E-state index is 12.8. The fourth-order valence-corrected chi connectivity index (χ4v) is 1.45. The molecule has 1 aromatic carbocycles. The van der Waals surface area contributed by atoms with E-state index in [1.165, 1.54) is 6.07 Å². The van der Waals surface area contributed by atoms with Gasteiger partial charge in [0.1, 0.15) is 5.82 Å². The summed E-state index contributed by atoms with van der Waals surface area (Å²) in [5, 5.41) is 0.170. The quantitative estimate of drug-likeness (QED) is 0.833. The third-order valence-electron chi connectivity index (χ3n) is 1.95. The van der Waals surface area contributed by atoms with Gasteiger partial charge in [-0.15, -0.1) is 0 Å².